The standard InChI is InChI=1S/C29H25Cl2N5O2/c1-37-16-15-33-29-32-14-13-24(34-29)27-26(35-28(36-27)25-22(30)11-6-12-23(25)31)20-9-5-10-21(17-20)38-18-19-7-3-2-4-8-19/h2-14,17H,15-16,18H2,1H3,(H,35,36)(H,32,33,34). The van der Waals surface area contributed by atoms with Gasteiger partial charge in [0.25, 0.3) is 0 Å². The number of nitrogens with zero attached hydrogens (tertiary/aromatic N) is 3. The maximum Gasteiger partial charge on any atom is 0.223 e. The summed E-state index contributed by atoms with van der Waals surface area (Å²) in [5.41, 5.74) is 4.60. The molecule has 7 nitrogen and oxygen atoms in total. The molecule has 0 radical (unpaired) electrons. The second-order valence-electron chi connectivity index (χ2n) is 8.39. The predicted octanol–water partition coefficient (Wildman–Crippen LogP) is 7.14. The van der Waals surface area contributed by atoms with Crippen LogP contribution in [0.3, 0.4) is 0 Å². The number of benzene rings is 3. The van der Waals surface area contributed by atoms with Gasteiger partial charge < -0.3 is 19.8 Å². The smallest absolute Gasteiger partial charge is 0.223 e. The lowest BCUT2D eigenvalue weighted by Crippen LogP contribution is -2.10. The molecule has 2 aromatic heterocycles. The van der Waals surface area contributed by atoms with Gasteiger partial charge in [-0.15, -0.1) is 0 Å². The third-order valence-corrected chi connectivity index (χ3v) is 6.39. The molecule has 0 unspecified atom stereocenters. The number of rotatable bonds is 10. The van der Waals surface area contributed by atoms with Gasteiger partial charge >= 0.3 is 0 Å². The van der Waals surface area contributed by atoms with E-state index in [0.29, 0.717) is 64.2 Å². The molecule has 0 saturated carbocycles. The zero-order valence-corrected chi connectivity index (χ0v) is 22.1. The highest BCUT2D eigenvalue weighted by molar-refractivity contribution is 6.39. The van der Waals surface area contributed by atoms with E-state index >= 15 is 0 Å². The fourth-order valence-corrected chi connectivity index (χ4v) is 4.51. The molecule has 5 rings (SSSR count). The van der Waals surface area contributed by atoms with Crippen molar-refractivity contribution in [2.24, 2.45) is 0 Å². The van der Waals surface area contributed by atoms with Crippen LogP contribution >= 0.6 is 23.2 Å². The molecule has 0 saturated heterocycles. The van der Waals surface area contributed by atoms with Gasteiger partial charge in [0, 0.05) is 25.4 Å². The van der Waals surface area contributed by atoms with E-state index in [1.807, 2.05) is 60.7 Å². The number of aromatic nitrogens is 4. The molecule has 38 heavy (non-hydrogen) atoms. The van der Waals surface area contributed by atoms with Crippen LogP contribution in [0, 0.1) is 0 Å². The first-order chi connectivity index (χ1) is 18.6. The van der Waals surface area contributed by atoms with Gasteiger partial charge in [0.05, 0.1) is 39.3 Å². The highest BCUT2D eigenvalue weighted by atomic mass is 35.5. The highest BCUT2D eigenvalue weighted by Gasteiger charge is 2.20. The largest absolute Gasteiger partial charge is 0.489 e. The van der Waals surface area contributed by atoms with Crippen molar-refractivity contribution in [3.05, 3.63) is 101 Å². The van der Waals surface area contributed by atoms with Crippen molar-refractivity contribution >= 4 is 29.2 Å². The normalized spacial score (nSPS) is 10.9. The molecule has 0 spiro atoms. The number of methoxy groups -OCH3 is 1. The lowest BCUT2D eigenvalue weighted by atomic mass is 10.1. The topological polar surface area (TPSA) is 85.0 Å². The van der Waals surface area contributed by atoms with Gasteiger partial charge in [0.15, 0.2) is 0 Å². The Kier molecular flexibility index (Phi) is 8.19. The summed E-state index contributed by atoms with van der Waals surface area (Å²) in [6, 6.07) is 25.0. The number of anilines is 1. The number of aromatic amines is 1. The van der Waals surface area contributed by atoms with Gasteiger partial charge in [-0.1, -0.05) is 71.7 Å². The number of hydrogen-bond donors (Lipinski definition) is 2. The van der Waals surface area contributed by atoms with Crippen LogP contribution in [0.1, 0.15) is 5.56 Å². The number of H-pyrrole nitrogens is 1. The number of hydrogen-bond acceptors (Lipinski definition) is 6. The van der Waals surface area contributed by atoms with Crippen LogP contribution in [0.15, 0.2) is 85.1 Å². The van der Waals surface area contributed by atoms with Gasteiger partial charge in [-0.2, -0.15) is 0 Å². The summed E-state index contributed by atoms with van der Waals surface area (Å²) in [5.74, 6) is 1.74. The van der Waals surface area contributed by atoms with Crippen molar-refractivity contribution in [1.82, 2.24) is 19.9 Å². The van der Waals surface area contributed by atoms with E-state index in [0.717, 1.165) is 16.9 Å². The Hall–Kier alpha value is -3.91. The van der Waals surface area contributed by atoms with Crippen molar-refractivity contribution < 1.29 is 9.47 Å². The first-order valence-corrected chi connectivity index (χ1v) is 12.8. The Labute approximate surface area is 230 Å². The van der Waals surface area contributed by atoms with Crippen molar-refractivity contribution in [1.29, 1.82) is 0 Å². The summed E-state index contributed by atoms with van der Waals surface area (Å²) < 4.78 is 11.2. The van der Waals surface area contributed by atoms with Gasteiger partial charge in [-0.05, 0) is 35.9 Å². The average molecular weight is 546 g/mol. The Bertz CT molecular complexity index is 1500. The first-order valence-electron chi connectivity index (χ1n) is 12.0. The molecule has 0 amide bonds. The van der Waals surface area contributed by atoms with E-state index in [1.165, 1.54) is 0 Å². The maximum absolute atomic E-state index is 6.53. The molecule has 9 heteroatoms. The minimum absolute atomic E-state index is 0.459. The monoisotopic (exact) mass is 545 g/mol. The molecular formula is C29H25Cl2N5O2. The van der Waals surface area contributed by atoms with Crippen LogP contribution in [0.4, 0.5) is 5.95 Å². The molecule has 0 fully saturated rings. The third kappa shape index (κ3) is 5.97. The fraction of sp³-hybridized carbons (Fsp3) is 0.138. The summed E-state index contributed by atoms with van der Waals surface area (Å²) in [4.78, 5) is 17.4. The lowest BCUT2D eigenvalue weighted by Gasteiger charge is -2.09. The van der Waals surface area contributed by atoms with Crippen LogP contribution in [0.5, 0.6) is 5.75 Å². The lowest BCUT2D eigenvalue weighted by molar-refractivity contribution is 0.210. The van der Waals surface area contributed by atoms with E-state index in [2.05, 4.69) is 15.3 Å². The SMILES string of the molecule is COCCNc1nccc(-c2[nH]c(-c3c(Cl)cccc3Cl)nc2-c2cccc(OCc3ccccc3)c2)n1. The quantitative estimate of drug-likeness (QED) is 0.181. The van der Waals surface area contributed by atoms with E-state index in [4.69, 9.17) is 42.6 Å². The maximum atomic E-state index is 6.53. The number of nitrogens with one attached hydrogen (secondary N) is 2. The average Bonchev–Trinajstić information content (AvgIpc) is 3.38. The van der Waals surface area contributed by atoms with Crippen LogP contribution < -0.4 is 10.1 Å². The van der Waals surface area contributed by atoms with Crippen LogP contribution in [0.2, 0.25) is 10.0 Å². The van der Waals surface area contributed by atoms with Gasteiger partial charge in [-0.3, -0.25) is 0 Å². The van der Waals surface area contributed by atoms with Crippen LogP contribution in [-0.2, 0) is 11.3 Å². The minimum Gasteiger partial charge on any atom is -0.489 e. The van der Waals surface area contributed by atoms with E-state index in [-0.39, 0.29) is 0 Å². The Morgan fingerprint density at radius 1 is 0.895 bits per heavy atom. The molecule has 2 N–H and O–H groups in total. The summed E-state index contributed by atoms with van der Waals surface area (Å²) >= 11 is 13.1. The molecule has 192 valence electrons. The Morgan fingerprint density at radius 3 is 2.47 bits per heavy atom. The van der Waals surface area contributed by atoms with Gasteiger partial charge in [0.2, 0.25) is 5.95 Å². The fourth-order valence-electron chi connectivity index (χ4n) is 3.93. The second-order valence-corrected chi connectivity index (χ2v) is 9.21. The molecule has 0 atom stereocenters. The Morgan fingerprint density at radius 2 is 1.68 bits per heavy atom. The molecule has 0 aliphatic heterocycles. The molecule has 0 aliphatic rings. The second kappa shape index (κ2) is 12.1. The number of halogens is 2. The van der Waals surface area contributed by atoms with Crippen LogP contribution in [-0.4, -0.2) is 40.2 Å². The van der Waals surface area contributed by atoms with Crippen LogP contribution in [0.25, 0.3) is 34.0 Å². The first kappa shape index (κ1) is 25.7. The van der Waals surface area contributed by atoms with E-state index < -0.39 is 0 Å². The van der Waals surface area contributed by atoms with Crippen molar-refractivity contribution in [2.45, 2.75) is 6.61 Å². The summed E-state index contributed by atoms with van der Waals surface area (Å²) in [6.45, 7) is 1.57. The van der Waals surface area contributed by atoms with Crippen molar-refractivity contribution in [3.8, 4) is 39.8 Å². The highest BCUT2D eigenvalue weighted by Crippen LogP contribution is 2.38. The molecular weight excluding hydrogens is 521 g/mol. The minimum atomic E-state index is 0.459. The molecule has 2 heterocycles. The molecule has 0 bridgehead atoms. The third-order valence-electron chi connectivity index (χ3n) is 5.76. The number of imidazole rings is 1. The summed E-state index contributed by atoms with van der Waals surface area (Å²) in [6.07, 6.45) is 1.70. The van der Waals surface area contributed by atoms with Crippen molar-refractivity contribution in [3.63, 3.8) is 0 Å². The molecule has 3 aromatic carbocycles. The van der Waals surface area contributed by atoms with Gasteiger partial charge in [0.1, 0.15) is 18.2 Å². The summed E-state index contributed by atoms with van der Waals surface area (Å²) in [7, 11) is 1.65. The number of ether oxygens (including phenoxy) is 2. The van der Waals surface area contributed by atoms with Gasteiger partial charge in [-0.25, -0.2) is 15.0 Å². The zero-order chi connectivity index (χ0) is 26.3. The zero-order valence-electron chi connectivity index (χ0n) is 20.6. The molecule has 0 aliphatic carbocycles. The van der Waals surface area contributed by atoms with Crippen molar-refractivity contribution in [2.75, 3.05) is 25.6 Å². The molecule has 5 aromatic rings. The Balaban J connectivity index is 1.55. The van der Waals surface area contributed by atoms with E-state index in [9.17, 15) is 0 Å². The summed E-state index contributed by atoms with van der Waals surface area (Å²) in [5, 5.41) is 4.16. The predicted molar refractivity (Wildman–Crippen MR) is 152 cm³/mol. The van der Waals surface area contributed by atoms with E-state index in [1.54, 1.807) is 31.5 Å².